The van der Waals surface area contributed by atoms with Gasteiger partial charge in [-0.25, -0.2) is 13.6 Å². The van der Waals surface area contributed by atoms with Crippen LogP contribution in [0.1, 0.15) is 31.3 Å². The van der Waals surface area contributed by atoms with E-state index in [4.69, 9.17) is 5.14 Å². The van der Waals surface area contributed by atoms with Crippen LogP contribution in [0.4, 0.5) is 0 Å². The third-order valence-electron chi connectivity index (χ3n) is 2.75. The van der Waals surface area contributed by atoms with Gasteiger partial charge in [0.05, 0.1) is 0 Å². The normalized spacial score (nSPS) is 11.9. The number of carbonyl (C=O) groups excluding carboxylic acids is 1. The molecule has 1 heterocycles. The van der Waals surface area contributed by atoms with E-state index in [1.165, 1.54) is 12.3 Å². The number of sulfonamides is 1. The molecule has 0 atom stereocenters. The molecule has 0 aromatic carbocycles. The molecule has 0 radical (unpaired) electrons. The largest absolute Gasteiger partial charge is 0.342 e. The lowest BCUT2D eigenvalue weighted by molar-refractivity contribution is 0.0768. The molecule has 0 aliphatic carbocycles. The van der Waals surface area contributed by atoms with E-state index in [0.29, 0.717) is 24.7 Å². The van der Waals surface area contributed by atoms with Crippen LogP contribution in [-0.2, 0) is 16.6 Å². The molecule has 7 heteroatoms. The van der Waals surface area contributed by atoms with Crippen molar-refractivity contribution in [2.75, 3.05) is 13.6 Å². The Labute approximate surface area is 114 Å². The topological polar surface area (TPSA) is 85.4 Å². The van der Waals surface area contributed by atoms with E-state index < -0.39 is 10.0 Å². The van der Waals surface area contributed by atoms with Crippen LogP contribution in [0.15, 0.2) is 17.2 Å². The molecule has 19 heavy (non-hydrogen) atoms. The van der Waals surface area contributed by atoms with E-state index in [1.54, 1.807) is 16.5 Å². The Kier molecular flexibility index (Phi) is 4.75. The average molecular weight is 287 g/mol. The molecule has 1 aromatic heterocycles. The van der Waals surface area contributed by atoms with Gasteiger partial charge in [-0.1, -0.05) is 13.8 Å². The highest BCUT2D eigenvalue weighted by Crippen LogP contribution is 2.15. The minimum Gasteiger partial charge on any atom is -0.342 e. The van der Waals surface area contributed by atoms with Crippen LogP contribution in [0.2, 0.25) is 0 Å². The molecule has 0 fully saturated rings. The highest BCUT2D eigenvalue weighted by atomic mass is 32.2. The number of rotatable bonds is 5. The maximum atomic E-state index is 12.3. The van der Waals surface area contributed by atoms with Gasteiger partial charge in [0.2, 0.25) is 10.0 Å². The lowest BCUT2D eigenvalue weighted by atomic mass is 10.2. The summed E-state index contributed by atoms with van der Waals surface area (Å²) in [7, 11) is -2.09. The van der Waals surface area contributed by atoms with Gasteiger partial charge in [0.15, 0.2) is 0 Å². The summed E-state index contributed by atoms with van der Waals surface area (Å²) in [6.45, 7) is 6.98. The fourth-order valence-electron chi connectivity index (χ4n) is 1.91. The molecule has 1 rings (SSSR count). The van der Waals surface area contributed by atoms with Crippen molar-refractivity contribution in [3.8, 4) is 0 Å². The SMILES string of the molecule is CCn1cc(S(N)(=O)=O)cc1C(=O)N(C)CC(C)C. The Morgan fingerprint density at radius 1 is 1.47 bits per heavy atom. The van der Waals surface area contributed by atoms with Crippen molar-refractivity contribution >= 4 is 15.9 Å². The van der Waals surface area contributed by atoms with E-state index >= 15 is 0 Å². The molecule has 0 unspecified atom stereocenters. The molecule has 0 spiro atoms. The first-order valence-electron chi connectivity index (χ1n) is 6.15. The monoisotopic (exact) mass is 287 g/mol. The zero-order chi connectivity index (χ0) is 14.8. The van der Waals surface area contributed by atoms with Crippen molar-refractivity contribution in [3.05, 3.63) is 18.0 Å². The Hall–Kier alpha value is -1.34. The minimum absolute atomic E-state index is 0.0318. The molecule has 0 bridgehead atoms. The highest BCUT2D eigenvalue weighted by Gasteiger charge is 2.21. The number of amides is 1. The van der Waals surface area contributed by atoms with Gasteiger partial charge in [-0.05, 0) is 18.9 Å². The molecular formula is C12H21N3O3S. The Morgan fingerprint density at radius 3 is 2.47 bits per heavy atom. The van der Waals surface area contributed by atoms with Gasteiger partial charge >= 0.3 is 0 Å². The second-order valence-electron chi connectivity index (χ2n) is 4.97. The van der Waals surface area contributed by atoms with Crippen molar-refractivity contribution < 1.29 is 13.2 Å². The third-order valence-corrected chi connectivity index (χ3v) is 3.63. The molecule has 1 aromatic rings. The Bertz CT molecular complexity index is 561. The van der Waals surface area contributed by atoms with Crippen LogP contribution >= 0.6 is 0 Å². The first-order chi connectivity index (χ1) is 8.66. The molecule has 2 N–H and O–H groups in total. The van der Waals surface area contributed by atoms with E-state index in [2.05, 4.69) is 0 Å². The zero-order valence-corrected chi connectivity index (χ0v) is 12.6. The van der Waals surface area contributed by atoms with Gasteiger partial charge in [-0.15, -0.1) is 0 Å². The molecule has 0 aliphatic heterocycles. The van der Waals surface area contributed by atoms with Gasteiger partial charge in [0.1, 0.15) is 10.6 Å². The van der Waals surface area contributed by atoms with Gasteiger partial charge < -0.3 is 9.47 Å². The van der Waals surface area contributed by atoms with Gasteiger partial charge in [-0.2, -0.15) is 0 Å². The van der Waals surface area contributed by atoms with Gasteiger partial charge in [-0.3, -0.25) is 4.79 Å². The highest BCUT2D eigenvalue weighted by molar-refractivity contribution is 7.89. The van der Waals surface area contributed by atoms with Crippen LogP contribution in [0.3, 0.4) is 0 Å². The number of nitrogens with two attached hydrogens (primary N) is 1. The standard InChI is InChI=1S/C12H21N3O3S/c1-5-15-8-10(19(13,17)18)6-11(15)12(16)14(4)7-9(2)3/h6,8-9H,5,7H2,1-4H3,(H2,13,17,18). The number of primary sulfonamides is 1. The lowest BCUT2D eigenvalue weighted by Gasteiger charge is -2.19. The van der Waals surface area contributed by atoms with Crippen molar-refractivity contribution in [2.24, 2.45) is 11.1 Å². The maximum Gasteiger partial charge on any atom is 0.270 e. The summed E-state index contributed by atoms with van der Waals surface area (Å²) in [6.07, 6.45) is 1.39. The zero-order valence-electron chi connectivity index (χ0n) is 11.8. The number of hydrogen-bond donors (Lipinski definition) is 1. The number of carbonyl (C=O) groups is 1. The maximum absolute atomic E-state index is 12.3. The smallest absolute Gasteiger partial charge is 0.270 e. The molecular weight excluding hydrogens is 266 g/mol. The van der Waals surface area contributed by atoms with E-state index in [1.807, 2.05) is 20.8 Å². The molecule has 0 saturated heterocycles. The first kappa shape index (κ1) is 15.7. The lowest BCUT2D eigenvalue weighted by Crippen LogP contribution is -2.31. The van der Waals surface area contributed by atoms with Crippen molar-refractivity contribution in [1.29, 1.82) is 0 Å². The summed E-state index contributed by atoms with van der Waals surface area (Å²) in [6, 6.07) is 1.33. The van der Waals surface area contributed by atoms with Crippen LogP contribution in [0, 0.1) is 5.92 Å². The van der Waals surface area contributed by atoms with Crippen LogP contribution in [0.25, 0.3) is 0 Å². The van der Waals surface area contributed by atoms with Gasteiger partial charge in [0, 0.05) is 26.3 Å². The van der Waals surface area contributed by atoms with E-state index in [-0.39, 0.29) is 10.8 Å². The number of hydrogen-bond acceptors (Lipinski definition) is 3. The second-order valence-corrected chi connectivity index (χ2v) is 6.53. The number of nitrogens with zero attached hydrogens (tertiary/aromatic N) is 2. The molecule has 0 aliphatic rings. The molecule has 108 valence electrons. The summed E-state index contributed by atoms with van der Waals surface area (Å²) in [4.78, 5) is 13.8. The van der Waals surface area contributed by atoms with E-state index in [9.17, 15) is 13.2 Å². The Morgan fingerprint density at radius 2 is 2.05 bits per heavy atom. The second kappa shape index (κ2) is 5.75. The fraction of sp³-hybridized carbons (Fsp3) is 0.583. The summed E-state index contributed by atoms with van der Waals surface area (Å²) < 4.78 is 24.2. The summed E-state index contributed by atoms with van der Waals surface area (Å²) in [5.41, 5.74) is 0.342. The average Bonchev–Trinajstić information content (AvgIpc) is 2.70. The minimum atomic E-state index is -3.79. The summed E-state index contributed by atoms with van der Waals surface area (Å²) >= 11 is 0. The van der Waals surface area contributed by atoms with E-state index in [0.717, 1.165) is 0 Å². The predicted molar refractivity (Wildman–Crippen MR) is 73.3 cm³/mol. The summed E-state index contributed by atoms with van der Waals surface area (Å²) in [5, 5.41) is 5.08. The number of aromatic nitrogens is 1. The summed E-state index contributed by atoms with van der Waals surface area (Å²) in [5.74, 6) is 0.141. The third kappa shape index (κ3) is 3.81. The quantitative estimate of drug-likeness (QED) is 0.872. The predicted octanol–water partition coefficient (Wildman–Crippen LogP) is 0.883. The van der Waals surface area contributed by atoms with Crippen molar-refractivity contribution in [2.45, 2.75) is 32.2 Å². The Balaban J connectivity index is 3.13. The number of aryl methyl sites for hydroxylation is 1. The van der Waals surface area contributed by atoms with Gasteiger partial charge in [0.25, 0.3) is 5.91 Å². The van der Waals surface area contributed by atoms with Crippen LogP contribution < -0.4 is 5.14 Å². The van der Waals surface area contributed by atoms with Crippen LogP contribution in [-0.4, -0.2) is 37.4 Å². The fourth-order valence-corrected chi connectivity index (χ4v) is 2.46. The molecule has 6 nitrogen and oxygen atoms in total. The van der Waals surface area contributed by atoms with Crippen molar-refractivity contribution in [3.63, 3.8) is 0 Å². The van der Waals surface area contributed by atoms with Crippen molar-refractivity contribution in [1.82, 2.24) is 9.47 Å². The molecule has 0 saturated carbocycles. The van der Waals surface area contributed by atoms with Crippen LogP contribution in [0.5, 0.6) is 0 Å². The molecule has 1 amide bonds. The first-order valence-corrected chi connectivity index (χ1v) is 7.69.